The van der Waals surface area contributed by atoms with Crippen LogP contribution >= 0.6 is 0 Å². The minimum Gasteiger partial charge on any atom is -0.598 e. The molecule has 3 atom stereocenters. The van der Waals surface area contributed by atoms with Gasteiger partial charge in [0.2, 0.25) is 0 Å². The van der Waals surface area contributed by atoms with Crippen molar-refractivity contribution in [1.82, 2.24) is 4.72 Å². The fourth-order valence-corrected chi connectivity index (χ4v) is 3.09. The Balaban J connectivity index is 2.09. The summed E-state index contributed by atoms with van der Waals surface area (Å²) in [5.74, 6) is 0.181. The van der Waals surface area contributed by atoms with E-state index in [1.54, 1.807) is 0 Å². The molecule has 1 aromatic carbocycles. The molecule has 1 aliphatic rings. The van der Waals surface area contributed by atoms with Gasteiger partial charge in [0, 0.05) is 28.9 Å². The number of halogens is 1. The lowest BCUT2D eigenvalue weighted by Gasteiger charge is -2.28. The number of nitrogens with one attached hydrogen (secondary N) is 1. The maximum atomic E-state index is 13.5. The summed E-state index contributed by atoms with van der Waals surface area (Å²) < 4.78 is 34.1. The molecule has 0 bridgehead atoms. The number of fused-ring (bicyclic) bond motifs is 1. The van der Waals surface area contributed by atoms with Gasteiger partial charge in [0.05, 0.1) is 12.6 Å². The molecule has 1 aromatic rings. The van der Waals surface area contributed by atoms with Gasteiger partial charge in [0.15, 0.2) is 0 Å². The zero-order valence-corrected chi connectivity index (χ0v) is 13.6. The van der Waals surface area contributed by atoms with Crippen molar-refractivity contribution in [3.8, 4) is 5.75 Å². The van der Waals surface area contributed by atoms with Gasteiger partial charge in [-0.3, -0.25) is 0 Å². The average molecular weight is 315 g/mol. The quantitative estimate of drug-likeness (QED) is 0.835. The molecule has 0 aromatic heterocycles. The zero-order chi connectivity index (χ0) is 15.8. The first-order valence-electron chi connectivity index (χ1n) is 6.99. The standard InChI is InChI=1S/C15H22FNO3S/c1-9(17-21(19)15(2,3)4)13-7-10-5-12(16)6-11(8-18)14(10)20-13/h5-6,9,13,17-18H,7-8H2,1-4H3/t9?,13?,21-/m1/s1. The Kier molecular flexibility index (Phi) is 4.82. The molecule has 0 spiro atoms. The molecule has 0 aliphatic carbocycles. The van der Waals surface area contributed by atoms with E-state index < -0.39 is 11.4 Å². The van der Waals surface area contributed by atoms with Crippen molar-refractivity contribution in [3.63, 3.8) is 0 Å². The van der Waals surface area contributed by atoms with Crippen molar-refractivity contribution in [3.05, 3.63) is 29.1 Å². The number of aliphatic hydroxyl groups excluding tert-OH is 1. The van der Waals surface area contributed by atoms with Crippen LogP contribution in [-0.2, 0) is 24.4 Å². The highest BCUT2D eigenvalue weighted by atomic mass is 32.2. The molecular formula is C15H22FNO3S. The third-order valence-electron chi connectivity index (χ3n) is 3.48. The van der Waals surface area contributed by atoms with E-state index in [1.165, 1.54) is 12.1 Å². The fraction of sp³-hybridized carbons (Fsp3) is 0.600. The first kappa shape index (κ1) is 16.5. The summed E-state index contributed by atoms with van der Waals surface area (Å²) >= 11 is -1.19. The Morgan fingerprint density at radius 1 is 1.52 bits per heavy atom. The van der Waals surface area contributed by atoms with E-state index in [1.807, 2.05) is 27.7 Å². The highest BCUT2D eigenvalue weighted by molar-refractivity contribution is 7.90. The summed E-state index contributed by atoms with van der Waals surface area (Å²) in [7, 11) is 0. The summed E-state index contributed by atoms with van der Waals surface area (Å²) in [6.45, 7) is 7.32. The second-order valence-electron chi connectivity index (χ2n) is 6.36. The van der Waals surface area contributed by atoms with Crippen LogP contribution < -0.4 is 9.46 Å². The van der Waals surface area contributed by atoms with Gasteiger partial charge in [-0.1, -0.05) is 0 Å². The molecule has 1 heterocycles. The van der Waals surface area contributed by atoms with Gasteiger partial charge >= 0.3 is 0 Å². The Hall–Kier alpha value is -0.820. The van der Waals surface area contributed by atoms with Crippen LogP contribution in [0, 0.1) is 5.82 Å². The second-order valence-corrected chi connectivity index (χ2v) is 8.36. The van der Waals surface area contributed by atoms with Gasteiger partial charge in [-0.05, 0) is 39.8 Å². The first-order chi connectivity index (χ1) is 9.72. The average Bonchev–Trinajstić information content (AvgIpc) is 2.80. The molecular weight excluding hydrogens is 293 g/mol. The molecule has 21 heavy (non-hydrogen) atoms. The lowest BCUT2D eigenvalue weighted by molar-refractivity contribution is 0.191. The maximum absolute atomic E-state index is 13.5. The number of aliphatic hydroxyl groups is 1. The molecule has 0 radical (unpaired) electrons. The van der Waals surface area contributed by atoms with Crippen LogP contribution in [0.1, 0.15) is 38.8 Å². The van der Waals surface area contributed by atoms with E-state index in [0.717, 1.165) is 5.56 Å². The maximum Gasteiger partial charge on any atom is 0.136 e. The molecule has 4 nitrogen and oxygen atoms in total. The van der Waals surface area contributed by atoms with Gasteiger partial charge in [0.1, 0.15) is 22.4 Å². The number of rotatable bonds is 4. The van der Waals surface area contributed by atoms with Gasteiger partial charge in [-0.2, -0.15) is 0 Å². The summed E-state index contributed by atoms with van der Waals surface area (Å²) in [4.78, 5) is 0. The van der Waals surface area contributed by atoms with Crippen molar-refractivity contribution >= 4 is 11.4 Å². The summed E-state index contributed by atoms with van der Waals surface area (Å²) in [5.41, 5.74) is 1.20. The molecule has 118 valence electrons. The van der Waals surface area contributed by atoms with Gasteiger partial charge in [-0.15, -0.1) is 4.72 Å². The van der Waals surface area contributed by atoms with E-state index in [0.29, 0.717) is 17.7 Å². The molecule has 0 saturated carbocycles. The van der Waals surface area contributed by atoms with Crippen LogP contribution in [0.2, 0.25) is 0 Å². The normalized spacial score (nSPS) is 20.8. The molecule has 2 rings (SSSR count). The molecule has 0 amide bonds. The van der Waals surface area contributed by atoms with E-state index in [2.05, 4.69) is 4.72 Å². The minimum atomic E-state index is -1.19. The molecule has 0 saturated heterocycles. The smallest absolute Gasteiger partial charge is 0.136 e. The highest BCUT2D eigenvalue weighted by Crippen LogP contribution is 2.35. The Morgan fingerprint density at radius 3 is 2.76 bits per heavy atom. The van der Waals surface area contributed by atoms with Crippen molar-refractivity contribution in [2.75, 3.05) is 0 Å². The Bertz CT molecular complexity index is 518. The summed E-state index contributed by atoms with van der Waals surface area (Å²) in [6.07, 6.45) is 0.314. The minimum absolute atomic E-state index is 0.146. The highest BCUT2D eigenvalue weighted by Gasteiger charge is 2.35. The van der Waals surface area contributed by atoms with Gasteiger partial charge in [-0.25, -0.2) is 4.39 Å². The zero-order valence-electron chi connectivity index (χ0n) is 12.8. The molecule has 6 heteroatoms. The Morgan fingerprint density at radius 2 is 2.19 bits per heavy atom. The third-order valence-corrected chi connectivity index (χ3v) is 5.17. The van der Waals surface area contributed by atoms with Crippen LogP contribution in [0.25, 0.3) is 0 Å². The Labute approximate surface area is 128 Å². The van der Waals surface area contributed by atoms with E-state index in [4.69, 9.17) is 4.74 Å². The molecule has 2 N–H and O–H groups in total. The SMILES string of the molecule is CC(N[S@+]([O-])C(C)(C)C)C1Cc2cc(F)cc(CO)c2O1. The largest absolute Gasteiger partial charge is 0.598 e. The predicted octanol–water partition coefficient (Wildman–Crippen LogP) is 2.06. The fourth-order valence-electron chi connectivity index (χ4n) is 2.24. The predicted molar refractivity (Wildman–Crippen MR) is 80.9 cm³/mol. The van der Waals surface area contributed by atoms with Crippen LogP contribution in [0.3, 0.4) is 0 Å². The lowest BCUT2D eigenvalue weighted by atomic mass is 10.0. The van der Waals surface area contributed by atoms with Crippen molar-refractivity contribution < 1.29 is 18.8 Å². The summed E-state index contributed by atoms with van der Waals surface area (Å²) in [5, 5.41) is 9.29. The number of hydrogen-bond acceptors (Lipinski definition) is 4. The van der Waals surface area contributed by atoms with Crippen molar-refractivity contribution in [2.45, 2.75) is 57.6 Å². The van der Waals surface area contributed by atoms with Gasteiger partial charge in [0.25, 0.3) is 0 Å². The molecule has 0 fully saturated rings. The van der Waals surface area contributed by atoms with E-state index >= 15 is 0 Å². The van der Waals surface area contributed by atoms with Crippen LogP contribution in [0.5, 0.6) is 5.75 Å². The van der Waals surface area contributed by atoms with Crippen LogP contribution in [-0.4, -0.2) is 26.6 Å². The van der Waals surface area contributed by atoms with Crippen molar-refractivity contribution in [1.29, 1.82) is 0 Å². The number of benzene rings is 1. The van der Waals surface area contributed by atoms with Gasteiger partial charge < -0.3 is 14.4 Å². The molecule has 2 unspecified atom stereocenters. The van der Waals surface area contributed by atoms with Crippen LogP contribution in [0.15, 0.2) is 12.1 Å². The molecule has 1 aliphatic heterocycles. The monoisotopic (exact) mass is 315 g/mol. The first-order valence-corrected chi connectivity index (χ1v) is 8.14. The van der Waals surface area contributed by atoms with Crippen LogP contribution in [0.4, 0.5) is 4.39 Å². The lowest BCUT2D eigenvalue weighted by Crippen LogP contribution is -2.49. The topological polar surface area (TPSA) is 64.5 Å². The number of hydrogen-bond donors (Lipinski definition) is 2. The van der Waals surface area contributed by atoms with E-state index in [9.17, 15) is 14.0 Å². The van der Waals surface area contributed by atoms with E-state index in [-0.39, 0.29) is 29.3 Å². The number of ether oxygens (including phenoxy) is 1. The van der Waals surface area contributed by atoms with Crippen molar-refractivity contribution in [2.24, 2.45) is 0 Å². The summed E-state index contributed by atoms with van der Waals surface area (Å²) in [6, 6.07) is 2.57. The second kappa shape index (κ2) is 6.12. The third kappa shape index (κ3) is 3.69.